The van der Waals surface area contributed by atoms with Gasteiger partial charge in [0.05, 0.1) is 5.60 Å². The third-order valence-electron chi connectivity index (χ3n) is 3.94. The molecule has 1 fully saturated rings. The Morgan fingerprint density at radius 3 is 2.67 bits per heavy atom. The first-order valence-corrected chi connectivity index (χ1v) is 8.09. The molecule has 0 aromatic carbocycles. The Kier molecular flexibility index (Phi) is 5.22. The molecule has 1 heterocycles. The van der Waals surface area contributed by atoms with Crippen LogP contribution in [0, 0.1) is 0 Å². The molecule has 1 unspecified atom stereocenters. The molecule has 18 heavy (non-hydrogen) atoms. The van der Waals surface area contributed by atoms with Crippen LogP contribution in [0.5, 0.6) is 0 Å². The van der Waals surface area contributed by atoms with Crippen LogP contribution in [0.4, 0.5) is 0 Å². The zero-order chi connectivity index (χ0) is 12.8. The molecular formula is C15H25NOS. The molecule has 0 spiro atoms. The van der Waals surface area contributed by atoms with Crippen LogP contribution < -0.4 is 5.32 Å². The highest BCUT2D eigenvalue weighted by atomic mass is 32.1. The van der Waals surface area contributed by atoms with Gasteiger partial charge in [0.2, 0.25) is 0 Å². The molecule has 2 N–H and O–H groups in total. The quantitative estimate of drug-likeness (QED) is 0.802. The minimum atomic E-state index is -0.459. The highest BCUT2D eigenvalue weighted by Crippen LogP contribution is 2.26. The number of aliphatic hydroxyl groups is 1. The van der Waals surface area contributed by atoms with E-state index >= 15 is 0 Å². The van der Waals surface area contributed by atoms with Crippen LogP contribution >= 0.6 is 11.3 Å². The van der Waals surface area contributed by atoms with E-state index in [1.54, 1.807) is 11.3 Å². The van der Waals surface area contributed by atoms with Gasteiger partial charge in [-0.05, 0) is 48.6 Å². The van der Waals surface area contributed by atoms with Gasteiger partial charge >= 0.3 is 0 Å². The van der Waals surface area contributed by atoms with Gasteiger partial charge in [-0.2, -0.15) is 11.3 Å². The predicted octanol–water partition coefficient (Wildman–Crippen LogP) is 3.35. The Hall–Kier alpha value is -0.380. The first-order valence-electron chi connectivity index (χ1n) is 7.15. The van der Waals surface area contributed by atoms with E-state index in [2.05, 4.69) is 29.1 Å². The summed E-state index contributed by atoms with van der Waals surface area (Å²) in [5.41, 5.74) is 0.937. The number of thiophene rings is 1. The van der Waals surface area contributed by atoms with Gasteiger partial charge in [-0.15, -0.1) is 0 Å². The summed E-state index contributed by atoms with van der Waals surface area (Å²) < 4.78 is 0. The van der Waals surface area contributed by atoms with E-state index in [0.717, 1.165) is 25.8 Å². The molecular weight excluding hydrogens is 242 g/mol. The van der Waals surface area contributed by atoms with Gasteiger partial charge in [0.25, 0.3) is 0 Å². The summed E-state index contributed by atoms with van der Waals surface area (Å²) >= 11 is 1.75. The smallest absolute Gasteiger partial charge is 0.0771 e. The standard InChI is InChI=1S/C15H25NOS/c1-13(10-14-6-9-18-11-14)16-12-15(17)7-4-2-3-5-8-15/h6,9,11,13,16-17H,2-5,7-8,10,12H2,1H3. The second-order valence-corrected chi connectivity index (χ2v) is 6.54. The maximum Gasteiger partial charge on any atom is 0.0771 e. The van der Waals surface area contributed by atoms with E-state index in [0.29, 0.717) is 6.04 Å². The van der Waals surface area contributed by atoms with Crippen LogP contribution in [0.2, 0.25) is 0 Å². The van der Waals surface area contributed by atoms with E-state index in [1.807, 2.05) is 0 Å². The highest BCUT2D eigenvalue weighted by molar-refractivity contribution is 7.07. The monoisotopic (exact) mass is 267 g/mol. The van der Waals surface area contributed by atoms with Gasteiger partial charge in [0, 0.05) is 12.6 Å². The van der Waals surface area contributed by atoms with E-state index in [4.69, 9.17) is 0 Å². The van der Waals surface area contributed by atoms with Crippen LogP contribution in [0.1, 0.15) is 51.0 Å². The van der Waals surface area contributed by atoms with Crippen molar-refractivity contribution in [3.05, 3.63) is 22.4 Å². The lowest BCUT2D eigenvalue weighted by atomic mass is 9.94. The minimum absolute atomic E-state index is 0.437. The molecule has 1 atom stereocenters. The van der Waals surface area contributed by atoms with Crippen molar-refractivity contribution in [3.63, 3.8) is 0 Å². The Morgan fingerprint density at radius 2 is 2.06 bits per heavy atom. The van der Waals surface area contributed by atoms with Crippen LogP contribution in [0.25, 0.3) is 0 Å². The molecule has 0 bridgehead atoms. The maximum atomic E-state index is 10.6. The minimum Gasteiger partial charge on any atom is -0.389 e. The Bertz CT molecular complexity index is 328. The van der Waals surface area contributed by atoms with Crippen molar-refractivity contribution >= 4 is 11.3 Å². The lowest BCUT2D eigenvalue weighted by Crippen LogP contribution is -2.44. The van der Waals surface area contributed by atoms with Crippen LogP contribution in [0.15, 0.2) is 16.8 Å². The largest absolute Gasteiger partial charge is 0.389 e. The van der Waals surface area contributed by atoms with Crippen molar-refractivity contribution in [2.24, 2.45) is 0 Å². The van der Waals surface area contributed by atoms with E-state index in [1.165, 1.54) is 31.2 Å². The van der Waals surface area contributed by atoms with Gasteiger partial charge in [-0.3, -0.25) is 0 Å². The second-order valence-electron chi connectivity index (χ2n) is 5.76. The van der Waals surface area contributed by atoms with Gasteiger partial charge in [0.1, 0.15) is 0 Å². The van der Waals surface area contributed by atoms with Gasteiger partial charge in [-0.1, -0.05) is 25.7 Å². The predicted molar refractivity (Wildman–Crippen MR) is 78.1 cm³/mol. The Labute approximate surface area is 114 Å². The van der Waals surface area contributed by atoms with Crippen LogP contribution in [-0.4, -0.2) is 23.3 Å². The molecule has 0 amide bonds. The number of hydrogen-bond donors (Lipinski definition) is 2. The van der Waals surface area contributed by atoms with E-state index < -0.39 is 5.60 Å². The first-order chi connectivity index (χ1) is 8.68. The third kappa shape index (κ3) is 4.38. The average molecular weight is 267 g/mol. The Morgan fingerprint density at radius 1 is 1.33 bits per heavy atom. The van der Waals surface area contributed by atoms with Crippen molar-refractivity contribution in [1.29, 1.82) is 0 Å². The normalized spacial score (nSPS) is 21.4. The summed E-state index contributed by atoms with van der Waals surface area (Å²) in [6, 6.07) is 2.62. The summed E-state index contributed by atoms with van der Waals surface area (Å²) in [6.45, 7) is 2.95. The summed E-state index contributed by atoms with van der Waals surface area (Å²) in [5.74, 6) is 0. The molecule has 1 aromatic rings. The number of rotatable bonds is 5. The summed E-state index contributed by atoms with van der Waals surface area (Å²) in [7, 11) is 0. The molecule has 1 aliphatic carbocycles. The molecule has 1 aliphatic rings. The fourth-order valence-electron chi connectivity index (χ4n) is 2.76. The van der Waals surface area contributed by atoms with E-state index in [9.17, 15) is 5.11 Å². The van der Waals surface area contributed by atoms with Crippen molar-refractivity contribution in [3.8, 4) is 0 Å². The number of nitrogens with one attached hydrogen (secondary N) is 1. The van der Waals surface area contributed by atoms with Gasteiger partial charge in [-0.25, -0.2) is 0 Å². The Balaban J connectivity index is 1.75. The highest BCUT2D eigenvalue weighted by Gasteiger charge is 2.27. The SMILES string of the molecule is CC(Cc1ccsc1)NCC1(O)CCCCCC1. The summed E-state index contributed by atoms with van der Waals surface area (Å²) in [4.78, 5) is 0. The number of hydrogen-bond acceptors (Lipinski definition) is 3. The lowest BCUT2D eigenvalue weighted by molar-refractivity contribution is 0.0232. The zero-order valence-electron chi connectivity index (χ0n) is 11.3. The topological polar surface area (TPSA) is 32.3 Å². The first kappa shape index (κ1) is 14.0. The zero-order valence-corrected chi connectivity index (χ0v) is 12.1. The molecule has 1 saturated carbocycles. The van der Waals surface area contributed by atoms with Crippen molar-refractivity contribution in [1.82, 2.24) is 5.32 Å². The fourth-order valence-corrected chi connectivity index (χ4v) is 3.44. The molecule has 3 heteroatoms. The fraction of sp³-hybridized carbons (Fsp3) is 0.733. The third-order valence-corrected chi connectivity index (χ3v) is 4.67. The van der Waals surface area contributed by atoms with Crippen LogP contribution in [-0.2, 0) is 6.42 Å². The molecule has 1 aromatic heterocycles. The molecule has 2 nitrogen and oxygen atoms in total. The van der Waals surface area contributed by atoms with Crippen molar-refractivity contribution in [2.45, 2.75) is 63.5 Å². The average Bonchev–Trinajstić information content (AvgIpc) is 2.75. The molecule has 0 saturated heterocycles. The molecule has 2 rings (SSSR count). The van der Waals surface area contributed by atoms with Gasteiger partial charge < -0.3 is 10.4 Å². The molecule has 102 valence electrons. The van der Waals surface area contributed by atoms with Crippen molar-refractivity contribution in [2.75, 3.05) is 6.54 Å². The van der Waals surface area contributed by atoms with Crippen molar-refractivity contribution < 1.29 is 5.11 Å². The van der Waals surface area contributed by atoms with Crippen LogP contribution in [0.3, 0.4) is 0 Å². The summed E-state index contributed by atoms with van der Waals surface area (Å²) in [6.07, 6.45) is 7.91. The molecule has 0 radical (unpaired) electrons. The van der Waals surface area contributed by atoms with Gasteiger partial charge in [0.15, 0.2) is 0 Å². The lowest BCUT2D eigenvalue weighted by Gasteiger charge is -2.28. The second kappa shape index (κ2) is 6.69. The molecule has 0 aliphatic heterocycles. The maximum absolute atomic E-state index is 10.6. The summed E-state index contributed by atoms with van der Waals surface area (Å²) in [5, 5.41) is 18.4. The van der Waals surface area contributed by atoms with E-state index in [-0.39, 0.29) is 0 Å².